The van der Waals surface area contributed by atoms with Gasteiger partial charge in [0.15, 0.2) is 5.82 Å². The van der Waals surface area contributed by atoms with Gasteiger partial charge in [-0.25, -0.2) is 9.07 Å². The molecule has 1 aromatic heterocycles. The van der Waals surface area contributed by atoms with Crippen LogP contribution in [0.15, 0.2) is 18.2 Å². The lowest BCUT2D eigenvalue weighted by molar-refractivity contribution is 0.345. The van der Waals surface area contributed by atoms with Crippen LogP contribution in [0.4, 0.5) is 10.1 Å². The highest BCUT2D eigenvalue weighted by molar-refractivity contribution is 5.71. The van der Waals surface area contributed by atoms with Gasteiger partial charge in [0.05, 0.1) is 6.04 Å². The van der Waals surface area contributed by atoms with E-state index in [4.69, 9.17) is 5.73 Å². The Morgan fingerprint density at radius 3 is 2.57 bits per heavy atom. The molecular formula is C15H20FN5. The van der Waals surface area contributed by atoms with E-state index >= 15 is 0 Å². The average Bonchev–Trinajstić information content (AvgIpc) is 2.90. The van der Waals surface area contributed by atoms with Gasteiger partial charge in [0.2, 0.25) is 0 Å². The molecule has 0 saturated heterocycles. The van der Waals surface area contributed by atoms with Crippen LogP contribution in [-0.2, 0) is 0 Å². The van der Waals surface area contributed by atoms with Crippen LogP contribution in [0.1, 0.15) is 51.0 Å². The Hall–Kier alpha value is -1.98. The first-order chi connectivity index (χ1) is 10.3. The van der Waals surface area contributed by atoms with Crippen LogP contribution in [0.5, 0.6) is 0 Å². The Labute approximate surface area is 123 Å². The van der Waals surface area contributed by atoms with Crippen molar-refractivity contribution >= 4 is 5.69 Å². The van der Waals surface area contributed by atoms with E-state index in [-0.39, 0.29) is 11.9 Å². The fourth-order valence-corrected chi connectivity index (χ4v) is 3.02. The zero-order valence-corrected chi connectivity index (χ0v) is 12.0. The Balaban J connectivity index is 1.94. The molecule has 0 radical (unpaired) electrons. The number of halogens is 1. The normalized spacial score (nSPS) is 17.4. The fourth-order valence-electron chi connectivity index (χ4n) is 3.02. The SMILES string of the molecule is Nc1ccc(F)cc1-c1nnnn1C1CCCCCCC1. The predicted octanol–water partition coefficient (Wildman–Crippen LogP) is 3.35. The van der Waals surface area contributed by atoms with Gasteiger partial charge in [0, 0.05) is 11.3 Å². The summed E-state index contributed by atoms with van der Waals surface area (Å²) in [5, 5.41) is 12.0. The number of nitrogens with two attached hydrogens (primary N) is 1. The Morgan fingerprint density at radius 1 is 1.10 bits per heavy atom. The zero-order valence-electron chi connectivity index (χ0n) is 12.0. The summed E-state index contributed by atoms with van der Waals surface area (Å²) >= 11 is 0. The molecule has 1 aromatic carbocycles. The summed E-state index contributed by atoms with van der Waals surface area (Å²) in [5.74, 6) is 0.240. The maximum Gasteiger partial charge on any atom is 0.184 e. The summed E-state index contributed by atoms with van der Waals surface area (Å²) in [4.78, 5) is 0. The molecule has 0 unspecified atom stereocenters. The molecule has 5 nitrogen and oxygen atoms in total. The van der Waals surface area contributed by atoms with Crippen LogP contribution < -0.4 is 5.73 Å². The molecule has 3 rings (SSSR count). The summed E-state index contributed by atoms with van der Waals surface area (Å²) in [5.41, 5.74) is 7.03. The Kier molecular flexibility index (Phi) is 4.13. The number of tetrazole rings is 1. The fraction of sp³-hybridized carbons (Fsp3) is 0.533. The molecule has 0 atom stereocenters. The van der Waals surface area contributed by atoms with Crippen molar-refractivity contribution in [2.24, 2.45) is 0 Å². The molecule has 0 amide bonds. The minimum atomic E-state index is -0.327. The van der Waals surface area contributed by atoms with Gasteiger partial charge in [-0.05, 0) is 41.5 Å². The van der Waals surface area contributed by atoms with Gasteiger partial charge in [-0.1, -0.05) is 32.1 Å². The van der Waals surface area contributed by atoms with Crippen molar-refractivity contribution in [3.8, 4) is 11.4 Å². The third-order valence-corrected chi connectivity index (χ3v) is 4.17. The molecule has 0 aliphatic heterocycles. The lowest BCUT2D eigenvalue weighted by Gasteiger charge is -2.20. The van der Waals surface area contributed by atoms with Crippen molar-refractivity contribution in [2.45, 2.75) is 51.0 Å². The largest absolute Gasteiger partial charge is 0.398 e. The topological polar surface area (TPSA) is 69.6 Å². The highest BCUT2D eigenvalue weighted by Gasteiger charge is 2.20. The molecule has 2 aromatic rings. The van der Waals surface area contributed by atoms with Gasteiger partial charge in [-0.15, -0.1) is 5.10 Å². The molecule has 1 heterocycles. The first-order valence-electron chi connectivity index (χ1n) is 7.59. The van der Waals surface area contributed by atoms with Crippen LogP contribution >= 0.6 is 0 Å². The maximum absolute atomic E-state index is 13.5. The van der Waals surface area contributed by atoms with Gasteiger partial charge in [-0.2, -0.15) is 0 Å². The van der Waals surface area contributed by atoms with Crippen LogP contribution in [0.2, 0.25) is 0 Å². The molecular weight excluding hydrogens is 269 g/mol. The second-order valence-corrected chi connectivity index (χ2v) is 5.68. The van der Waals surface area contributed by atoms with Gasteiger partial charge in [0.1, 0.15) is 5.82 Å². The summed E-state index contributed by atoms with van der Waals surface area (Å²) in [6, 6.07) is 4.59. The third kappa shape index (κ3) is 3.04. The second-order valence-electron chi connectivity index (χ2n) is 5.68. The standard InChI is InChI=1S/C15H20FN5/c16-11-8-9-14(17)13(10-11)15-18-19-20-21(15)12-6-4-2-1-3-5-7-12/h8-10,12H,1-7,17H2. The molecule has 21 heavy (non-hydrogen) atoms. The molecule has 6 heteroatoms. The Morgan fingerprint density at radius 2 is 1.81 bits per heavy atom. The van der Waals surface area contributed by atoms with Crippen molar-refractivity contribution in [3.05, 3.63) is 24.0 Å². The number of hydrogen-bond donors (Lipinski definition) is 1. The smallest absolute Gasteiger partial charge is 0.184 e. The van der Waals surface area contributed by atoms with Gasteiger partial charge >= 0.3 is 0 Å². The van der Waals surface area contributed by atoms with Crippen LogP contribution in [0.3, 0.4) is 0 Å². The summed E-state index contributed by atoms with van der Waals surface area (Å²) in [6.07, 6.45) is 8.32. The van der Waals surface area contributed by atoms with E-state index < -0.39 is 0 Å². The zero-order chi connectivity index (χ0) is 14.7. The lowest BCUT2D eigenvalue weighted by atomic mass is 9.96. The van der Waals surface area contributed by atoms with E-state index in [1.165, 1.54) is 44.2 Å². The number of nitrogen functional groups attached to an aromatic ring is 1. The van der Waals surface area contributed by atoms with Crippen LogP contribution in [0, 0.1) is 5.82 Å². The van der Waals surface area contributed by atoms with Gasteiger partial charge in [-0.3, -0.25) is 0 Å². The second kappa shape index (κ2) is 6.20. The van der Waals surface area contributed by atoms with E-state index in [2.05, 4.69) is 15.5 Å². The predicted molar refractivity (Wildman–Crippen MR) is 79.0 cm³/mol. The van der Waals surface area contributed by atoms with E-state index in [0.717, 1.165) is 12.8 Å². The minimum absolute atomic E-state index is 0.276. The maximum atomic E-state index is 13.5. The van der Waals surface area contributed by atoms with Crippen molar-refractivity contribution < 1.29 is 4.39 Å². The molecule has 1 aliphatic carbocycles. The average molecular weight is 289 g/mol. The summed E-state index contributed by atoms with van der Waals surface area (Å²) < 4.78 is 15.3. The van der Waals surface area contributed by atoms with E-state index in [1.54, 1.807) is 6.07 Å². The first kappa shape index (κ1) is 14.0. The van der Waals surface area contributed by atoms with Crippen molar-refractivity contribution in [3.63, 3.8) is 0 Å². The third-order valence-electron chi connectivity index (χ3n) is 4.17. The lowest BCUT2D eigenvalue weighted by Crippen LogP contribution is -2.14. The van der Waals surface area contributed by atoms with Crippen molar-refractivity contribution in [2.75, 3.05) is 5.73 Å². The highest BCUT2D eigenvalue weighted by atomic mass is 19.1. The summed E-state index contributed by atoms with van der Waals surface area (Å²) in [7, 11) is 0. The monoisotopic (exact) mass is 289 g/mol. The van der Waals surface area contributed by atoms with E-state index in [1.807, 2.05) is 4.68 Å². The number of anilines is 1. The molecule has 1 fully saturated rings. The van der Waals surface area contributed by atoms with Crippen LogP contribution in [0.25, 0.3) is 11.4 Å². The first-order valence-corrected chi connectivity index (χ1v) is 7.59. The van der Waals surface area contributed by atoms with Crippen molar-refractivity contribution in [1.82, 2.24) is 20.2 Å². The number of nitrogens with zero attached hydrogens (tertiary/aromatic N) is 4. The molecule has 1 aliphatic rings. The highest BCUT2D eigenvalue weighted by Crippen LogP contribution is 2.31. The molecule has 0 spiro atoms. The number of hydrogen-bond acceptors (Lipinski definition) is 4. The van der Waals surface area contributed by atoms with Crippen LogP contribution in [-0.4, -0.2) is 20.2 Å². The minimum Gasteiger partial charge on any atom is -0.398 e. The van der Waals surface area contributed by atoms with E-state index in [9.17, 15) is 4.39 Å². The van der Waals surface area contributed by atoms with Gasteiger partial charge in [0.25, 0.3) is 0 Å². The number of rotatable bonds is 2. The number of aromatic nitrogens is 4. The van der Waals surface area contributed by atoms with Gasteiger partial charge < -0.3 is 5.73 Å². The number of benzene rings is 1. The molecule has 2 N–H and O–H groups in total. The van der Waals surface area contributed by atoms with Crippen molar-refractivity contribution in [1.29, 1.82) is 0 Å². The van der Waals surface area contributed by atoms with E-state index in [0.29, 0.717) is 17.1 Å². The molecule has 112 valence electrons. The Bertz CT molecular complexity index is 602. The molecule has 0 bridgehead atoms. The quantitative estimate of drug-likeness (QED) is 0.861. The molecule has 1 saturated carbocycles. The summed E-state index contributed by atoms with van der Waals surface area (Å²) in [6.45, 7) is 0.